The molecule has 10 N–H and O–H groups in total. The highest BCUT2D eigenvalue weighted by molar-refractivity contribution is 5.96. The quantitative estimate of drug-likeness (QED) is 0.0858. The van der Waals surface area contributed by atoms with Crippen molar-refractivity contribution in [2.24, 2.45) is 11.7 Å². The summed E-state index contributed by atoms with van der Waals surface area (Å²) in [6.07, 6.45) is -1.07. The third kappa shape index (κ3) is 12.0. The number of aromatic hydroxyl groups is 1. The Labute approximate surface area is 284 Å². The van der Waals surface area contributed by atoms with Crippen molar-refractivity contribution in [3.63, 3.8) is 0 Å². The van der Waals surface area contributed by atoms with Gasteiger partial charge in [0.2, 0.25) is 29.5 Å². The lowest BCUT2D eigenvalue weighted by atomic mass is 9.96. The standard InChI is InChI=1S/C32H48N6O11/c1-5-16(2)26(37-28(44)21(12-13-24(41)42)35-27(43)17(3)34-30(46)25(33)18(4)39)31(47)38-14-6-7-23(38)29(45)36-22(32(48)49)15-19-8-10-20(40)11-9-19/h8-11,16-18,21-23,25-26,39-40H,5-7,12-15,33H2,1-4H3,(H,34,46)(H,35,43)(H,36,45)(H,37,44)(H,41,42)(H,48,49)/t16-,17-,18+,21-,22-,23-,25-,26-/m0/s1. The van der Waals surface area contributed by atoms with Crippen LogP contribution < -0.4 is 27.0 Å². The number of aliphatic hydroxyl groups is 1. The number of phenolic OH excluding ortho intramolecular Hbond substituents is 1. The molecule has 0 bridgehead atoms. The van der Waals surface area contributed by atoms with Gasteiger partial charge < -0.3 is 52.3 Å². The van der Waals surface area contributed by atoms with Gasteiger partial charge in [-0.2, -0.15) is 0 Å². The van der Waals surface area contributed by atoms with Crippen molar-refractivity contribution in [1.29, 1.82) is 0 Å². The van der Waals surface area contributed by atoms with Crippen LogP contribution in [-0.4, -0.2) is 116 Å². The molecule has 8 atom stereocenters. The molecule has 2 rings (SSSR count). The summed E-state index contributed by atoms with van der Waals surface area (Å²) in [5.74, 6) is -6.87. The molecule has 1 heterocycles. The third-order valence-corrected chi connectivity index (χ3v) is 8.46. The number of carboxylic acids is 2. The molecule has 0 aromatic heterocycles. The van der Waals surface area contributed by atoms with Gasteiger partial charge in [-0.25, -0.2) is 4.79 Å². The first kappa shape index (κ1) is 40.4. The van der Waals surface area contributed by atoms with Crippen LogP contribution in [0, 0.1) is 5.92 Å². The molecule has 272 valence electrons. The Morgan fingerprint density at radius 1 is 0.898 bits per heavy atom. The van der Waals surface area contributed by atoms with Crippen molar-refractivity contribution >= 4 is 41.5 Å². The van der Waals surface area contributed by atoms with Gasteiger partial charge in [-0.1, -0.05) is 32.4 Å². The van der Waals surface area contributed by atoms with Crippen LogP contribution in [0.3, 0.4) is 0 Å². The van der Waals surface area contributed by atoms with E-state index in [0.717, 1.165) is 0 Å². The molecule has 0 unspecified atom stereocenters. The number of benzene rings is 1. The first-order valence-electron chi connectivity index (χ1n) is 16.1. The predicted molar refractivity (Wildman–Crippen MR) is 174 cm³/mol. The molecule has 0 aliphatic carbocycles. The lowest BCUT2D eigenvalue weighted by Crippen LogP contribution is -2.60. The number of amides is 5. The van der Waals surface area contributed by atoms with Gasteiger partial charge in [0.25, 0.3) is 0 Å². The van der Waals surface area contributed by atoms with Crippen molar-refractivity contribution in [2.75, 3.05) is 6.54 Å². The van der Waals surface area contributed by atoms with Crippen LogP contribution >= 0.6 is 0 Å². The van der Waals surface area contributed by atoms with E-state index in [1.807, 2.05) is 0 Å². The van der Waals surface area contributed by atoms with E-state index >= 15 is 0 Å². The van der Waals surface area contributed by atoms with Crippen LogP contribution in [-0.2, 0) is 40.0 Å². The SMILES string of the molecule is CC[C@H](C)[C@H](NC(=O)[C@H](CCC(=O)O)NC(=O)[C@H](C)NC(=O)[C@@H](N)[C@@H](C)O)C(=O)N1CCC[C@H]1C(=O)N[C@@H](Cc1ccc(O)cc1)C(=O)O. The van der Waals surface area contributed by atoms with E-state index < -0.39 is 96.2 Å². The second-order valence-electron chi connectivity index (χ2n) is 12.3. The van der Waals surface area contributed by atoms with Crippen LogP contribution in [0.15, 0.2) is 24.3 Å². The molecule has 1 aliphatic rings. The average Bonchev–Trinajstić information content (AvgIpc) is 3.55. The fourth-order valence-electron chi connectivity index (χ4n) is 5.18. The highest BCUT2D eigenvalue weighted by atomic mass is 16.4. The lowest BCUT2D eigenvalue weighted by Gasteiger charge is -2.33. The molecule has 1 aromatic rings. The molecular weight excluding hydrogens is 644 g/mol. The summed E-state index contributed by atoms with van der Waals surface area (Å²) in [5, 5.41) is 47.9. The van der Waals surface area contributed by atoms with Crippen molar-refractivity contribution in [3.8, 4) is 5.75 Å². The molecule has 1 aliphatic heterocycles. The number of aliphatic carboxylic acids is 2. The molecule has 17 nitrogen and oxygen atoms in total. The number of nitrogens with one attached hydrogen (secondary N) is 4. The summed E-state index contributed by atoms with van der Waals surface area (Å²) in [6, 6.07) is -1.69. The molecule has 0 saturated carbocycles. The zero-order valence-electron chi connectivity index (χ0n) is 28.0. The second kappa shape index (κ2) is 18.7. The van der Waals surface area contributed by atoms with E-state index in [0.29, 0.717) is 18.4 Å². The van der Waals surface area contributed by atoms with Crippen LogP contribution in [0.5, 0.6) is 5.75 Å². The zero-order valence-corrected chi connectivity index (χ0v) is 28.0. The number of carbonyl (C=O) groups excluding carboxylic acids is 5. The molecule has 17 heteroatoms. The Bertz CT molecular complexity index is 1360. The number of likely N-dealkylation sites (tertiary alicyclic amines) is 1. The summed E-state index contributed by atoms with van der Waals surface area (Å²) in [6.45, 7) is 6.22. The van der Waals surface area contributed by atoms with E-state index in [2.05, 4.69) is 21.3 Å². The summed E-state index contributed by atoms with van der Waals surface area (Å²) in [4.78, 5) is 90.5. The predicted octanol–water partition coefficient (Wildman–Crippen LogP) is -1.41. The van der Waals surface area contributed by atoms with Gasteiger partial charge in [0.1, 0.15) is 42.0 Å². The van der Waals surface area contributed by atoms with E-state index in [1.165, 1.54) is 43.0 Å². The Kier molecular flexibility index (Phi) is 15.4. The summed E-state index contributed by atoms with van der Waals surface area (Å²) >= 11 is 0. The summed E-state index contributed by atoms with van der Waals surface area (Å²) in [7, 11) is 0. The first-order chi connectivity index (χ1) is 23.0. The summed E-state index contributed by atoms with van der Waals surface area (Å²) in [5.41, 5.74) is 6.15. The normalized spacial score (nSPS) is 18.5. The number of hydrogen-bond donors (Lipinski definition) is 9. The zero-order chi connectivity index (χ0) is 37.0. The molecule has 1 aromatic carbocycles. The number of carboxylic acid groups (broad SMARTS) is 2. The largest absolute Gasteiger partial charge is 0.508 e. The Balaban J connectivity index is 2.21. The van der Waals surface area contributed by atoms with Crippen molar-refractivity contribution < 1.29 is 54.0 Å². The minimum absolute atomic E-state index is 0.00417. The molecular formula is C32H48N6O11. The number of nitrogens with zero attached hydrogens (tertiary/aromatic N) is 1. The maximum Gasteiger partial charge on any atom is 0.326 e. The maximum absolute atomic E-state index is 13.9. The van der Waals surface area contributed by atoms with E-state index in [9.17, 15) is 54.0 Å². The number of aliphatic hydroxyl groups excluding tert-OH is 1. The lowest BCUT2D eigenvalue weighted by molar-refractivity contribution is -0.145. The molecule has 5 amide bonds. The van der Waals surface area contributed by atoms with Crippen molar-refractivity contribution in [1.82, 2.24) is 26.2 Å². The van der Waals surface area contributed by atoms with Gasteiger partial charge in [0.05, 0.1) is 6.10 Å². The molecule has 49 heavy (non-hydrogen) atoms. The molecule has 1 saturated heterocycles. The second-order valence-corrected chi connectivity index (χ2v) is 12.3. The number of hydrogen-bond acceptors (Lipinski definition) is 10. The fourth-order valence-corrected chi connectivity index (χ4v) is 5.18. The average molecular weight is 693 g/mol. The van der Waals surface area contributed by atoms with Gasteiger partial charge in [-0.05, 0) is 56.7 Å². The van der Waals surface area contributed by atoms with Gasteiger partial charge in [-0.3, -0.25) is 28.8 Å². The number of carbonyl (C=O) groups is 7. The molecule has 0 radical (unpaired) electrons. The van der Waals surface area contributed by atoms with Gasteiger partial charge in [-0.15, -0.1) is 0 Å². The number of phenols is 1. The Morgan fingerprint density at radius 3 is 2.08 bits per heavy atom. The van der Waals surface area contributed by atoms with E-state index in [4.69, 9.17) is 5.73 Å². The van der Waals surface area contributed by atoms with Crippen LogP contribution in [0.1, 0.15) is 65.4 Å². The maximum atomic E-state index is 13.9. The number of nitrogens with two attached hydrogens (primary N) is 1. The van der Waals surface area contributed by atoms with Crippen molar-refractivity contribution in [3.05, 3.63) is 29.8 Å². The van der Waals surface area contributed by atoms with Gasteiger partial charge in [0.15, 0.2) is 0 Å². The highest BCUT2D eigenvalue weighted by Gasteiger charge is 2.41. The van der Waals surface area contributed by atoms with Crippen LogP contribution in [0.2, 0.25) is 0 Å². The molecule has 1 fully saturated rings. The topological polar surface area (TPSA) is 278 Å². The molecule has 0 spiro atoms. The third-order valence-electron chi connectivity index (χ3n) is 8.46. The van der Waals surface area contributed by atoms with Crippen LogP contribution in [0.25, 0.3) is 0 Å². The number of rotatable bonds is 18. The highest BCUT2D eigenvalue weighted by Crippen LogP contribution is 2.22. The van der Waals surface area contributed by atoms with Gasteiger partial charge in [0, 0.05) is 19.4 Å². The fraction of sp³-hybridized carbons (Fsp3) is 0.594. The van der Waals surface area contributed by atoms with Gasteiger partial charge >= 0.3 is 11.9 Å². The minimum Gasteiger partial charge on any atom is -0.508 e. The van der Waals surface area contributed by atoms with Crippen molar-refractivity contribution in [2.45, 2.75) is 109 Å². The minimum atomic E-state index is -1.43. The van der Waals surface area contributed by atoms with E-state index in [1.54, 1.807) is 13.8 Å². The summed E-state index contributed by atoms with van der Waals surface area (Å²) < 4.78 is 0. The van der Waals surface area contributed by atoms with E-state index in [-0.39, 0.29) is 31.6 Å². The monoisotopic (exact) mass is 692 g/mol. The smallest absolute Gasteiger partial charge is 0.326 e. The van der Waals surface area contributed by atoms with Crippen LogP contribution in [0.4, 0.5) is 0 Å². The Hall–Kier alpha value is -4.77. The Morgan fingerprint density at radius 2 is 1.53 bits per heavy atom. The first-order valence-corrected chi connectivity index (χ1v) is 16.1.